The number of anilines is 1. The van der Waals surface area contributed by atoms with Crippen LogP contribution in [0, 0.1) is 6.92 Å². The highest BCUT2D eigenvalue weighted by Crippen LogP contribution is 2.44. The summed E-state index contributed by atoms with van der Waals surface area (Å²) in [5, 5.41) is 0. The quantitative estimate of drug-likeness (QED) is 0.760. The van der Waals surface area contributed by atoms with Gasteiger partial charge >= 0.3 is 0 Å². The fourth-order valence-electron chi connectivity index (χ4n) is 4.55. The summed E-state index contributed by atoms with van der Waals surface area (Å²) in [6.45, 7) is 6.20. The molecule has 1 aliphatic heterocycles. The minimum absolute atomic E-state index is 0.147. The van der Waals surface area contributed by atoms with E-state index in [9.17, 15) is 13.2 Å². The zero-order valence-electron chi connectivity index (χ0n) is 16.7. The number of hydrogen-bond donors (Lipinski definition) is 0. The molecule has 2 fully saturated rings. The maximum Gasteiger partial charge on any atom is 0.265 e. The summed E-state index contributed by atoms with van der Waals surface area (Å²) in [7, 11) is -3.89. The Labute approximate surface area is 172 Å². The number of benzene rings is 2. The van der Waals surface area contributed by atoms with Crippen LogP contribution in [-0.2, 0) is 14.8 Å². The Balaban J connectivity index is 1.82. The Morgan fingerprint density at radius 1 is 0.931 bits per heavy atom. The highest BCUT2D eigenvalue weighted by atomic mass is 32.2. The van der Waals surface area contributed by atoms with Crippen LogP contribution in [0.15, 0.2) is 71.8 Å². The molecule has 1 saturated carbocycles. The van der Waals surface area contributed by atoms with Gasteiger partial charge in [0.15, 0.2) is 0 Å². The summed E-state index contributed by atoms with van der Waals surface area (Å²) in [5.41, 5.74) is 1.10. The molecule has 2 aromatic carbocycles. The van der Waals surface area contributed by atoms with E-state index >= 15 is 0 Å². The lowest BCUT2D eigenvalue weighted by Gasteiger charge is -2.52. The van der Waals surface area contributed by atoms with E-state index in [1.165, 1.54) is 4.31 Å². The number of para-hydroxylation sites is 1. The van der Waals surface area contributed by atoms with Crippen LogP contribution in [0.5, 0.6) is 0 Å². The van der Waals surface area contributed by atoms with E-state index in [0.717, 1.165) is 30.5 Å². The first kappa shape index (κ1) is 19.7. The standard InChI is InChI=1S/C23H26N2O3S/c1-18-11-13-21(14-12-18)29(27,28)25-19(2)17-24(20-9-5-3-6-10-20)22(26)23(25)15-7-4-8-16-23/h3,5-6,9-14H,2,4,7-8,15-17H2,1H3. The first-order valence-corrected chi connectivity index (χ1v) is 11.5. The number of amides is 1. The number of aryl methyl sites for hydroxylation is 1. The number of carbonyl (C=O) groups is 1. The van der Waals surface area contributed by atoms with Crippen LogP contribution in [0.4, 0.5) is 5.69 Å². The average Bonchev–Trinajstić information content (AvgIpc) is 2.72. The fourth-order valence-corrected chi connectivity index (χ4v) is 6.35. The molecular formula is C23H26N2O3S. The van der Waals surface area contributed by atoms with Crippen LogP contribution >= 0.6 is 0 Å². The van der Waals surface area contributed by atoms with Gasteiger partial charge in [0.1, 0.15) is 5.54 Å². The topological polar surface area (TPSA) is 57.7 Å². The maximum atomic E-state index is 13.8. The van der Waals surface area contributed by atoms with Crippen LogP contribution in [0.2, 0.25) is 0 Å². The van der Waals surface area contributed by atoms with Crippen molar-refractivity contribution in [3.63, 3.8) is 0 Å². The zero-order chi connectivity index (χ0) is 20.6. The molecule has 29 heavy (non-hydrogen) atoms. The third-order valence-electron chi connectivity index (χ3n) is 5.97. The average molecular weight is 411 g/mol. The van der Waals surface area contributed by atoms with Gasteiger partial charge in [0.2, 0.25) is 0 Å². The second-order valence-electron chi connectivity index (χ2n) is 7.97. The van der Waals surface area contributed by atoms with Crippen molar-refractivity contribution < 1.29 is 13.2 Å². The lowest BCUT2D eigenvalue weighted by atomic mass is 9.79. The van der Waals surface area contributed by atoms with Crippen molar-refractivity contribution in [2.24, 2.45) is 0 Å². The third-order valence-corrected chi connectivity index (χ3v) is 7.92. The summed E-state index contributed by atoms with van der Waals surface area (Å²) < 4.78 is 28.7. The summed E-state index contributed by atoms with van der Waals surface area (Å²) in [6.07, 6.45) is 3.67. The van der Waals surface area contributed by atoms with Gasteiger partial charge in [-0.1, -0.05) is 61.7 Å². The van der Waals surface area contributed by atoms with E-state index in [2.05, 4.69) is 6.58 Å². The van der Waals surface area contributed by atoms with Crippen molar-refractivity contribution in [3.05, 3.63) is 72.4 Å². The molecule has 1 saturated heterocycles. The zero-order valence-corrected chi connectivity index (χ0v) is 17.5. The highest BCUT2D eigenvalue weighted by molar-refractivity contribution is 7.89. The number of carbonyl (C=O) groups excluding carboxylic acids is 1. The predicted octanol–water partition coefficient (Wildman–Crippen LogP) is 4.25. The summed E-state index contributed by atoms with van der Waals surface area (Å²) in [4.78, 5) is 15.7. The first-order valence-electron chi connectivity index (χ1n) is 10.0. The van der Waals surface area contributed by atoms with E-state index < -0.39 is 15.6 Å². The minimum Gasteiger partial charge on any atom is -0.304 e. The lowest BCUT2D eigenvalue weighted by molar-refractivity contribution is -0.130. The molecule has 2 aliphatic rings. The largest absolute Gasteiger partial charge is 0.304 e. The monoisotopic (exact) mass is 410 g/mol. The molecule has 0 atom stereocenters. The second kappa shape index (κ2) is 7.34. The van der Waals surface area contributed by atoms with Gasteiger partial charge < -0.3 is 4.90 Å². The van der Waals surface area contributed by atoms with Gasteiger partial charge in [-0.15, -0.1) is 0 Å². The Kier molecular flexibility index (Phi) is 4.99. The van der Waals surface area contributed by atoms with Crippen molar-refractivity contribution in [3.8, 4) is 0 Å². The summed E-state index contributed by atoms with van der Waals surface area (Å²) in [5.74, 6) is -0.147. The van der Waals surface area contributed by atoms with Gasteiger partial charge in [-0.3, -0.25) is 9.10 Å². The van der Waals surface area contributed by atoms with Gasteiger partial charge in [-0.05, 0) is 44.0 Å². The molecule has 152 valence electrons. The minimum atomic E-state index is -3.89. The number of rotatable bonds is 3. The van der Waals surface area contributed by atoms with Crippen molar-refractivity contribution in [2.75, 3.05) is 11.4 Å². The molecule has 1 spiro atoms. The second-order valence-corrected chi connectivity index (χ2v) is 9.75. The Hall–Kier alpha value is -2.60. The predicted molar refractivity (Wildman–Crippen MR) is 114 cm³/mol. The molecule has 0 aromatic heterocycles. The molecule has 2 aromatic rings. The van der Waals surface area contributed by atoms with Crippen LogP contribution in [0.1, 0.15) is 37.7 Å². The molecule has 1 heterocycles. The van der Waals surface area contributed by atoms with Crippen LogP contribution in [0.3, 0.4) is 0 Å². The molecule has 5 nitrogen and oxygen atoms in total. The Morgan fingerprint density at radius 3 is 2.17 bits per heavy atom. The smallest absolute Gasteiger partial charge is 0.265 e. The molecular weight excluding hydrogens is 384 g/mol. The fraction of sp³-hybridized carbons (Fsp3) is 0.348. The first-order chi connectivity index (χ1) is 13.9. The maximum absolute atomic E-state index is 13.8. The normalized spacial score (nSPS) is 19.6. The third kappa shape index (κ3) is 3.25. The van der Waals surface area contributed by atoms with Crippen molar-refractivity contribution in [2.45, 2.75) is 49.5 Å². The number of hydrogen-bond acceptors (Lipinski definition) is 3. The Bertz CT molecular complexity index is 1020. The SMILES string of the molecule is C=C1CN(c2ccccc2)C(=O)C2(CCCCC2)N1S(=O)(=O)c1ccc(C)cc1. The molecule has 1 aliphatic carbocycles. The van der Waals surface area contributed by atoms with Crippen molar-refractivity contribution in [1.82, 2.24) is 4.31 Å². The number of nitrogens with zero attached hydrogens (tertiary/aromatic N) is 2. The molecule has 0 N–H and O–H groups in total. The molecule has 1 amide bonds. The van der Waals surface area contributed by atoms with Crippen LogP contribution < -0.4 is 4.90 Å². The van der Waals surface area contributed by atoms with E-state index in [1.54, 1.807) is 29.2 Å². The van der Waals surface area contributed by atoms with Gasteiger partial charge in [0, 0.05) is 11.4 Å². The van der Waals surface area contributed by atoms with Crippen molar-refractivity contribution in [1.29, 1.82) is 0 Å². The molecule has 0 radical (unpaired) electrons. The summed E-state index contributed by atoms with van der Waals surface area (Å²) >= 11 is 0. The van der Waals surface area contributed by atoms with Crippen LogP contribution in [-0.4, -0.2) is 30.7 Å². The molecule has 6 heteroatoms. The molecule has 4 rings (SSSR count). The van der Waals surface area contributed by atoms with Crippen molar-refractivity contribution >= 4 is 21.6 Å². The number of piperazine rings is 1. The van der Waals surface area contributed by atoms with Gasteiger partial charge in [-0.25, -0.2) is 8.42 Å². The van der Waals surface area contributed by atoms with E-state index in [1.807, 2.05) is 37.3 Å². The molecule has 0 bridgehead atoms. The summed E-state index contributed by atoms with van der Waals surface area (Å²) in [6, 6.07) is 16.2. The van der Waals surface area contributed by atoms with Gasteiger partial charge in [-0.2, -0.15) is 0 Å². The lowest BCUT2D eigenvalue weighted by Crippen LogP contribution is -2.66. The van der Waals surface area contributed by atoms with E-state index in [-0.39, 0.29) is 17.3 Å². The van der Waals surface area contributed by atoms with Crippen LogP contribution in [0.25, 0.3) is 0 Å². The number of sulfonamides is 1. The van der Waals surface area contributed by atoms with E-state index in [0.29, 0.717) is 18.5 Å². The highest BCUT2D eigenvalue weighted by Gasteiger charge is 2.55. The van der Waals surface area contributed by atoms with Gasteiger partial charge in [0.25, 0.3) is 15.9 Å². The van der Waals surface area contributed by atoms with E-state index in [4.69, 9.17) is 0 Å². The Morgan fingerprint density at radius 2 is 1.55 bits per heavy atom. The molecule has 0 unspecified atom stereocenters. The van der Waals surface area contributed by atoms with Gasteiger partial charge in [0.05, 0.1) is 11.4 Å².